The lowest BCUT2D eigenvalue weighted by Gasteiger charge is -2.19. The number of nitrogens with two attached hydrogens (primary N) is 1. The molecular formula is C14H24N4O2S. The van der Waals surface area contributed by atoms with Crippen LogP contribution < -0.4 is 16.4 Å². The van der Waals surface area contributed by atoms with Crippen molar-refractivity contribution in [1.29, 1.82) is 0 Å². The van der Waals surface area contributed by atoms with Crippen LogP contribution in [0.15, 0.2) is 0 Å². The number of hydrogen-bond acceptors (Lipinski definition) is 6. The third kappa shape index (κ3) is 4.31. The molecule has 2 rings (SSSR count). The van der Waals surface area contributed by atoms with E-state index in [2.05, 4.69) is 15.6 Å². The fourth-order valence-corrected chi connectivity index (χ4v) is 3.44. The molecule has 21 heavy (non-hydrogen) atoms. The molecule has 118 valence electrons. The molecule has 6 nitrogen and oxygen atoms in total. The highest BCUT2D eigenvalue weighted by Crippen LogP contribution is 2.28. The molecule has 1 heterocycles. The van der Waals surface area contributed by atoms with Gasteiger partial charge in [-0.05, 0) is 33.6 Å². The first kappa shape index (κ1) is 16.0. The van der Waals surface area contributed by atoms with Crippen LogP contribution in [0.2, 0.25) is 0 Å². The third-order valence-corrected chi connectivity index (χ3v) is 4.47. The predicted molar refractivity (Wildman–Crippen MR) is 85.6 cm³/mol. The number of nitrogens with one attached hydrogen (secondary N) is 2. The van der Waals surface area contributed by atoms with Crippen LogP contribution in [0.5, 0.6) is 0 Å². The van der Waals surface area contributed by atoms with Crippen LogP contribution >= 0.6 is 11.3 Å². The molecule has 2 atom stereocenters. The number of nitrogen functional groups attached to an aromatic ring is 1. The van der Waals surface area contributed by atoms with E-state index in [9.17, 15) is 9.90 Å². The summed E-state index contributed by atoms with van der Waals surface area (Å²) in [7, 11) is 0. The highest BCUT2D eigenvalue weighted by Gasteiger charge is 2.26. The summed E-state index contributed by atoms with van der Waals surface area (Å²) in [6, 6.07) is 0. The van der Waals surface area contributed by atoms with Crippen LogP contribution in [0.3, 0.4) is 0 Å². The second kappa shape index (κ2) is 6.19. The van der Waals surface area contributed by atoms with Crippen molar-refractivity contribution in [2.75, 3.05) is 17.6 Å². The molecule has 5 N–H and O–H groups in total. The van der Waals surface area contributed by atoms with Gasteiger partial charge in [0.15, 0.2) is 5.13 Å². The smallest absolute Gasteiger partial charge is 0.265 e. The summed E-state index contributed by atoms with van der Waals surface area (Å²) in [5.74, 6) is 0.178. The van der Waals surface area contributed by atoms with E-state index in [1.165, 1.54) is 11.3 Å². The van der Waals surface area contributed by atoms with E-state index in [0.717, 1.165) is 19.3 Å². The Kier molecular flexibility index (Phi) is 4.73. The maximum absolute atomic E-state index is 12.2. The average Bonchev–Trinajstić information content (AvgIpc) is 2.91. The van der Waals surface area contributed by atoms with E-state index >= 15 is 0 Å². The molecular weight excluding hydrogens is 288 g/mol. The Bertz CT molecular complexity index is 510. The lowest BCUT2D eigenvalue weighted by atomic mass is 10.1. The first-order valence-corrected chi connectivity index (χ1v) is 8.08. The lowest BCUT2D eigenvalue weighted by molar-refractivity contribution is 0.0921. The minimum atomic E-state index is -0.303. The van der Waals surface area contributed by atoms with Crippen LogP contribution in [-0.2, 0) is 0 Å². The highest BCUT2D eigenvalue weighted by molar-refractivity contribution is 7.18. The Labute approximate surface area is 129 Å². The number of amides is 1. The molecule has 1 aliphatic carbocycles. The monoisotopic (exact) mass is 312 g/mol. The SMILES string of the molecule is CC(C)(C)Nc1nc(N)c(C(=O)NCC2CCCC2O)s1. The van der Waals surface area contributed by atoms with Crippen molar-refractivity contribution in [3.05, 3.63) is 4.88 Å². The van der Waals surface area contributed by atoms with Crippen LogP contribution in [0, 0.1) is 5.92 Å². The van der Waals surface area contributed by atoms with Gasteiger partial charge in [-0.25, -0.2) is 4.98 Å². The molecule has 1 aromatic heterocycles. The number of anilines is 2. The zero-order valence-corrected chi connectivity index (χ0v) is 13.6. The molecule has 2 unspecified atom stereocenters. The molecule has 0 bridgehead atoms. The van der Waals surface area contributed by atoms with Gasteiger partial charge in [0.1, 0.15) is 10.7 Å². The number of rotatable bonds is 4. The minimum absolute atomic E-state index is 0.133. The standard InChI is InChI=1S/C14H24N4O2S/c1-14(2,3)18-13-17-11(15)10(21-13)12(20)16-7-8-5-4-6-9(8)19/h8-9,19H,4-7,15H2,1-3H3,(H,16,20)(H,17,18). The Hall–Kier alpha value is -1.34. The number of hydrogen-bond donors (Lipinski definition) is 4. The largest absolute Gasteiger partial charge is 0.393 e. The Morgan fingerprint density at radius 2 is 2.19 bits per heavy atom. The van der Waals surface area contributed by atoms with Crippen molar-refractivity contribution >= 4 is 28.2 Å². The van der Waals surface area contributed by atoms with Gasteiger partial charge in [-0.15, -0.1) is 0 Å². The molecule has 1 fully saturated rings. The Morgan fingerprint density at radius 1 is 1.48 bits per heavy atom. The van der Waals surface area contributed by atoms with Crippen molar-refractivity contribution in [2.45, 2.75) is 51.7 Å². The Balaban J connectivity index is 1.96. The van der Waals surface area contributed by atoms with Crippen LogP contribution in [0.4, 0.5) is 10.9 Å². The van der Waals surface area contributed by atoms with Gasteiger partial charge in [0.2, 0.25) is 0 Å². The maximum Gasteiger partial charge on any atom is 0.265 e. The molecule has 0 radical (unpaired) electrons. The van der Waals surface area contributed by atoms with Gasteiger partial charge in [0.25, 0.3) is 5.91 Å². The summed E-state index contributed by atoms with van der Waals surface area (Å²) in [6.07, 6.45) is 2.49. The van der Waals surface area contributed by atoms with Crippen LogP contribution in [0.25, 0.3) is 0 Å². The van der Waals surface area contributed by atoms with Crippen molar-refractivity contribution in [3.8, 4) is 0 Å². The first-order valence-electron chi connectivity index (χ1n) is 7.27. The van der Waals surface area contributed by atoms with Crippen molar-refractivity contribution in [3.63, 3.8) is 0 Å². The number of nitrogens with zero attached hydrogens (tertiary/aromatic N) is 1. The number of carbonyl (C=O) groups excluding carboxylic acids is 1. The summed E-state index contributed by atoms with van der Waals surface area (Å²) >= 11 is 1.26. The van der Waals surface area contributed by atoms with Gasteiger partial charge in [-0.3, -0.25) is 4.79 Å². The van der Waals surface area contributed by atoms with E-state index in [1.807, 2.05) is 20.8 Å². The minimum Gasteiger partial charge on any atom is -0.393 e. The fraction of sp³-hybridized carbons (Fsp3) is 0.714. The summed E-state index contributed by atoms with van der Waals surface area (Å²) in [6.45, 7) is 6.54. The zero-order chi connectivity index (χ0) is 15.6. The molecule has 1 saturated carbocycles. The first-order chi connectivity index (χ1) is 9.76. The van der Waals surface area contributed by atoms with E-state index in [4.69, 9.17) is 5.73 Å². The molecule has 0 spiro atoms. The number of aliphatic hydroxyl groups excluding tert-OH is 1. The van der Waals surface area contributed by atoms with Crippen molar-refractivity contribution < 1.29 is 9.90 Å². The number of thiazole rings is 1. The van der Waals surface area contributed by atoms with Gasteiger partial charge in [0, 0.05) is 18.0 Å². The molecule has 7 heteroatoms. The summed E-state index contributed by atoms with van der Waals surface area (Å²) in [5, 5.41) is 16.5. The average molecular weight is 312 g/mol. The number of carbonyl (C=O) groups is 1. The third-order valence-electron chi connectivity index (χ3n) is 3.49. The second-order valence-electron chi connectivity index (χ2n) is 6.58. The molecule has 0 saturated heterocycles. The normalized spacial score (nSPS) is 22.3. The summed E-state index contributed by atoms with van der Waals surface area (Å²) < 4.78 is 0. The molecule has 0 aliphatic heterocycles. The quantitative estimate of drug-likeness (QED) is 0.679. The predicted octanol–water partition coefficient (Wildman–Crippen LogP) is 1.83. The van der Waals surface area contributed by atoms with Gasteiger partial charge >= 0.3 is 0 Å². The van der Waals surface area contributed by atoms with E-state index in [-0.39, 0.29) is 29.3 Å². The van der Waals surface area contributed by atoms with Crippen molar-refractivity contribution in [1.82, 2.24) is 10.3 Å². The van der Waals surface area contributed by atoms with E-state index < -0.39 is 0 Å². The zero-order valence-electron chi connectivity index (χ0n) is 12.8. The maximum atomic E-state index is 12.2. The van der Waals surface area contributed by atoms with E-state index in [1.54, 1.807) is 0 Å². The van der Waals surface area contributed by atoms with Gasteiger partial charge in [-0.2, -0.15) is 0 Å². The summed E-state index contributed by atoms with van der Waals surface area (Å²) in [5.41, 5.74) is 5.69. The molecule has 1 aromatic rings. The molecule has 0 aromatic carbocycles. The number of aromatic nitrogens is 1. The van der Waals surface area contributed by atoms with Gasteiger partial charge in [-0.1, -0.05) is 17.8 Å². The van der Waals surface area contributed by atoms with Gasteiger partial charge < -0.3 is 21.5 Å². The second-order valence-corrected chi connectivity index (χ2v) is 7.58. The highest BCUT2D eigenvalue weighted by atomic mass is 32.1. The summed E-state index contributed by atoms with van der Waals surface area (Å²) in [4.78, 5) is 16.8. The topological polar surface area (TPSA) is 100 Å². The Morgan fingerprint density at radius 3 is 2.76 bits per heavy atom. The van der Waals surface area contributed by atoms with Gasteiger partial charge in [0.05, 0.1) is 6.10 Å². The molecule has 1 amide bonds. The lowest BCUT2D eigenvalue weighted by Crippen LogP contribution is -2.32. The van der Waals surface area contributed by atoms with Crippen molar-refractivity contribution in [2.24, 2.45) is 5.92 Å². The molecule has 1 aliphatic rings. The number of aliphatic hydroxyl groups is 1. The van der Waals surface area contributed by atoms with E-state index in [0.29, 0.717) is 16.6 Å². The van der Waals surface area contributed by atoms with Crippen LogP contribution in [0.1, 0.15) is 49.7 Å². The van der Waals surface area contributed by atoms with Crippen LogP contribution in [-0.4, -0.2) is 34.2 Å². The fourth-order valence-electron chi connectivity index (χ4n) is 2.43.